The van der Waals surface area contributed by atoms with Crippen LogP contribution in [0, 0.1) is 23.2 Å². The number of amides is 2. The number of likely N-dealkylation sites (tertiary alicyclic amines) is 2. The number of ether oxygens (including phenoxy) is 1. The van der Waals surface area contributed by atoms with Gasteiger partial charge in [-0.3, -0.25) is 4.79 Å². The number of nitriles is 1. The number of hydrogen-bond acceptors (Lipinski definition) is 4. The van der Waals surface area contributed by atoms with Crippen LogP contribution in [0.3, 0.4) is 0 Å². The highest BCUT2D eigenvalue weighted by molar-refractivity contribution is 5.81. The highest BCUT2D eigenvalue weighted by Crippen LogP contribution is 2.29. The van der Waals surface area contributed by atoms with Crippen molar-refractivity contribution in [2.75, 3.05) is 32.8 Å². The average Bonchev–Trinajstić information content (AvgIpc) is 2.74. The number of piperidine rings is 2. The summed E-state index contributed by atoms with van der Waals surface area (Å²) in [6, 6.07) is 10.1. The molecule has 0 aromatic heterocycles. The van der Waals surface area contributed by atoms with Crippen LogP contribution in [0.1, 0.15) is 36.8 Å². The van der Waals surface area contributed by atoms with Gasteiger partial charge in [0.2, 0.25) is 0 Å². The monoisotopic (exact) mass is 381 g/mol. The fourth-order valence-corrected chi connectivity index (χ4v) is 4.73. The highest BCUT2D eigenvalue weighted by Gasteiger charge is 2.38. The van der Waals surface area contributed by atoms with Gasteiger partial charge in [0.15, 0.2) is 5.78 Å². The topological polar surface area (TPSA) is 73.6 Å². The molecule has 3 aliphatic rings. The number of carbonyl (C=O) groups excluding carboxylic acids is 2. The van der Waals surface area contributed by atoms with E-state index in [0.717, 1.165) is 45.3 Å². The summed E-state index contributed by atoms with van der Waals surface area (Å²) in [7, 11) is 0. The second-order valence-corrected chi connectivity index (χ2v) is 8.31. The molecule has 0 saturated carbocycles. The number of ketones is 1. The largest absolute Gasteiger partial charge is 0.370 e. The zero-order valence-electron chi connectivity index (χ0n) is 16.2. The van der Waals surface area contributed by atoms with Crippen LogP contribution in [0.2, 0.25) is 0 Å². The molecule has 0 unspecified atom stereocenters. The molecule has 2 atom stereocenters. The first-order valence-corrected chi connectivity index (χ1v) is 10.3. The van der Waals surface area contributed by atoms with Crippen LogP contribution in [-0.4, -0.2) is 60.5 Å². The minimum atomic E-state index is 0.119. The summed E-state index contributed by atoms with van der Waals surface area (Å²) in [5.74, 6) is 0.888. The van der Waals surface area contributed by atoms with E-state index in [2.05, 4.69) is 6.07 Å². The molecule has 6 nitrogen and oxygen atoms in total. The number of nitrogens with zero attached hydrogens (tertiary/aromatic N) is 3. The molecule has 0 N–H and O–H groups in total. The number of Topliss-reactive ketones (excluding diaryl/α,β-unsaturated/α-hetero) is 1. The predicted molar refractivity (Wildman–Crippen MR) is 104 cm³/mol. The third kappa shape index (κ3) is 4.20. The van der Waals surface area contributed by atoms with Crippen molar-refractivity contribution in [3.05, 3.63) is 35.4 Å². The van der Waals surface area contributed by atoms with E-state index >= 15 is 0 Å². The van der Waals surface area contributed by atoms with Crippen molar-refractivity contribution in [3.63, 3.8) is 0 Å². The molecule has 0 radical (unpaired) electrons. The number of rotatable bonds is 2. The quantitative estimate of drug-likeness (QED) is 0.789. The molecule has 2 amide bonds. The lowest BCUT2D eigenvalue weighted by Crippen LogP contribution is -2.54. The standard InChI is InChI=1S/C22H27N3O3/c23-13-18-3-1-16(2-4-18)11-17-5-8-24(9-6-17)22(27)25-10-7-21-19(14-25)12-20(26)15-28-21/h1-4,17,19,21H,5-12,14-15H2/t19-,21+/m1/s1. The summed E-state index contributed by atoms with van der Waals surface area (Å²) in [6.45, 7) is 3.18. The SMILES string of the molecule is N#Cc1ccc(CC2CCN(C(=O)N3CC[C@@H]4OCC(=O)C[C@@H]4C3)CC2)cc1. The fraction of sp³-hybridized carbons (Fsp3) is 0.591. The Morgan fingerprint density at radius 2 is 1.82 bits per heavy atom. The fourth-order valence-electron chi connectivity index (χ4n) is 4.73. The van der Waals surface area contributed by atoms with Crippen molar-refractivity contribution >= 4 is 11.8 Å². The molecule has 1 aromatic rings. The van der Waals surface area contributed by atoms with Gasteiger partial charge in [0, 0.05) is 38.5 Å². The predicted octanol–water partition coefficient (Wildman–Crippen LogP) is 2.61. The molecule has 28 heavy (non-hydrogen) atoms. The maximum Gasteiger partial charge on any atom is 0.320 e. The Morgan fingerprint density at radius 1 is 1.11 bits per heavy atom. The smallest absolute Gasteiger partial charge is 0.320 e. The van der Waals surface area contributed by atoms with Crippen molar-refractivity contribution in [2.24, 2.45) is 11.8 Å². The van der Waals surface area contributed by atoms with Crippen LogP contribution in [0.15, 0.2) is 24.3 Å². The van der Waals surface area contributed by atoms with Gasteiger partial charge in [0.25, 0.3) is 0 Å². The number of benzene rings is 1. The normalized spacial score (nSPS) is 25.9. The lowest BCUT2D eigenvalue weighted by atomic mass is 9.88. The average molecular weight is 381 g/mol. The summed E-state index contributed by atoms with van der Waals surface area (Å²) < 4.78 is 5.63. The minimum Gasteiger partial charge on any atom is -0.370 e. The van der Waals surface area contributed by atoms with E-state index in [1.54, 1.807) is 0 Å². The van der Waals surface area contributed by atoms with E-state index in [0.29, 0.717) is 24.4 Å². The van der Waals surface area contributed by atoms with Crippen LogP contribution in [-0.2, 0) is 16.0 Å². The van der Waals surface area contributed by atoms with Crippen LogP contribution >= 0.6 is 0 Å². The summed E-state index contributed by atoms with van der Waals surface area (Å²) in [4.78, 5) is 28.5. The summed E-state index contributed by atoms with van der Waals surface area (Å²) >= 11 is 0. The second-order valence-electron chi connectivity index (χ2n) is 8.31. The minimum absolute atomic E-state index is 0.119. The summed E-state index contributed by atoms with van der Waals surface area (Å²) in [5.41, 5.74) is 1.95. The van der Waals surface area contributed by atoms with Gasteiger partial charge in [-0.15, -0.1) is 0 Å². The molecule has 3 fully saturated rings. The first kappa shape index (κ1) is 18.9. The molecule has 148 valence electrons. The van der Waals surface area contributed by atoms with E-state index in [1.807, 2.05) is 34.1 Å². The van der Waals surface area contributed by atoms with E-state index in [9.17, 15) is 9.59 Å². The molecule has 0 spiro atoms. The maximum absolute atomic E-state index is 12.9. The lowest BCUT2D eigenvalue weighted by Gasteiger charge is -2.43. The molecule has 3 aliphatic heterocycles. The van der Waals surface area contributed by atoms with Gasteiger partial charge in [0.1, 0.15) is 6.61 Å². The first-order valence-electron chi connectivity index (χ1n) is 10.3. The highest BCUT2D eigenvalue weighted by atomic mass is 16.5. The zero-order valence-corrected chi connectivity index (χ0v) is 16.2. The van der Waals surface area contributed by atoms with Gasteiger partial charge in [0.05, 0.1) is 17.7 Å². The number of urea groups is 1. The Labute approximate surface area is 166 Å². The Hall–Kier alpha value is -2.39. The van der Waals surface area contributed by atoms with Crippen molar-refractivity contribution in [1.29, 1.82) is 5.26 Å². The summed E-state index contributed by atoms with van der Waals surface area (Å²) in [6.07, 6.45) is 4.53. The van der Waals surface area contributed by atoms with Gasteiger partial charge in [-0.2, -0.15) is 5.26 Å². The van der Waals surface area contributed by atoms with Gasteiger partial charge < -0.3 is 14.5 Å². The number of carbonyl (C=O) groups is 2. The zero-order chi connectivity index (χ0) is 19.5. The molecule has 1 aromatic carbocycles. The molecule has 3 saturated heterocycles. The molecular formula is C22H27N3O3. The van der Waals surface area contributed by atoms with Crippen molar-refractivity contribution in [1.82, 2.24) is 9.80 Å². The Bertz CT molecular complexity index is 762. The Morgan fingerprint density at radius 3 is 2.54 bits per heavy atom. The van der Waals surface area contributed by atoms with Gasteiger partial charge in [-0.05, 0) is 49.3 Å². The van der Waals surface area contributed by atoms with Crippen molar-refractivity contribution < 1.29 is 14.3 Å². The van der Waals surface area contributed by atoms with E-state index in [-0.39, 0.29) is 30.4 Å². The van der Waals surface area contributed by atoms with E-state index < -0.39 is 0 Å². The lowest BCUT2D eigenvalue weighted by molar-refractivity contribution is -0.140. The first-order chi connectivity index (χ1) is 13.6. The number of fused-ring (bicyclic) bond motifs is 1. The van der Waals surface area contributed by atoms with Crippen molar-refractivity contribution in [3.8, 4) is 6.07 Å². The Balaban J connectivity index is 1.27. The van der Waals surface area contributed by atoms with E-state index in [4.69, 9.17) is 10.00 Å². The maximum atomic E-state index is 12.9. The van der Waals surface area contributed by atoms with Crippen LogP contribution < -0.4 is 0 Å². The third-order valence-electron chi connectivity index (χ3n) is 6.38. The second kappa shape index (κ2) is 8.32. The van der Waals surface area contributed by atoms with Gasteiger partial charge in [-0.1, -0.05) is 12.1 Å². The van der Waals surface area contributed by atoms with Crippen LogP contribution in [0.25, 0.3) is 0 Å². The van der Waals surface area contributed by atoms with Crippen LogP contribution in [0.5, 0.6) is 0 Å². The third-order valence-corrected chi connectivity index (χ3v) is 6.38. The van der Waals surface area contributed by atoms with Crippen LogP contribution in [0.4, 0.5) is 4.79 Å². The molecule has 6 heteroatoms. The van der Waals surface area contributed by atoms with Crippen molar-refractivity contribution in [2.45, 2.75) is 38.2 Å². The molecule has 0 bridgehead atoms. The Kier molecular flexibility index (Phi) is 5.63. The van der Waals surface area contributed by atoms with Gasteiger partial charge in [-0.25, -0.2) is 4.79 Å². The molecule has 0 aliphatic carbocycles. The molecule has 4 rings (SSSR count). The number of hydrogen-bond donors (Lipinski definition) is 0. The molecular weight excluding hydrogens is 354 g/mol. The van der Waals surface area contributed by atoms with E-state index in [1.165, 1.54) is 5.56 Å². The molecule has 3 heterocycles. The van der Waals surface area contributed by atoms with Gasteiger partial charge >= 0.3 is 6.03 Å². The summed E-state index contributed by atoms with van der Waals surface area (Å²) in [5, 5.41) is 8.90.